The summed E-state index contributed by atoms with van der Waals surface area (Å²) in [5.41, 5.74) is 5.92. The molecule has 0 spiro atoms. The van der Waals surface area contributed by atoms with Crippen molar-refractivity contribution in [2.45, 2.75) is 37.8 Å². The Kier molecular flexibility index (Phi) is 6.55. The number of rotatable bonds is 6. The van der Waals surface area contributed by atoms with Crippen LogP contribution in [-0.2, 0) is 17.6 Å². The van der Waals surface area contributed by atoms with Crippen LogP contribution < -0.4 is 11.0 Å². The number of thiophene rings is 1. The third-order valence-electron chi connectivity index (χ3n) is 5.73. The minimum absolute atomic E-state index is 0.0658. The first-order valence-corrected chi connectivity index (χ1v) is 12.9. The molecule has 3 aromatic heterocycles. The fraction of sp³-hybridized carbons (Fsp3) is 0.240. The van der Waals surface area contributed by atoms with Crippen molar-refractivity contribution in [1.82, 2.24) is 20.0 Å². The third-order valence-corrected chi connectivity index (χ3v) is 7.86. The Hall–Kier alpha value is -3.30. The highest BCUT2D eigenvalue weighted by Gasteiger charge is 2.23. The monoisotopic (exact) mass is 489 g/mol. The second-order valence-corrected chi connectivity index (χ2v) is 10.1. The van der Waals surface area contributed by atoms with Gasteiger partial charge in [0.1, 0.15) is 4.83 Å². The molecule has 5 rings (SSSR count). The molecule has 0 saturated heterocycles. The van der Waals surface area contributed by atoms with Crippen LogP contribution in [0.1, 0.15) is 35.8 Å². The number of para-hydroxylation sites is 1. The maximum absolute atomic E-state index is 13.7. The number of hydrogen-bond donors (Lipinski definition) is 1. The highest BCUT2D eigenvalue weighted by molar-refractivity contribution is 7.99. The lowest BCUT2D eigenvalue weighted by Crippen LogP contribution is -2.24. The summed E-state index contributed by atoms with van der Waals surface area (Å²) in [4.78, 5) is 37.2. The van der Waals surface area contributed by atoms with Gasteiger partial charge in [-0.2, -0.15) is 5.10 Å². The van der Waals surface area contributed by atoms with Crippen LogP contribution in [0.5, 0.6) is 0 Å². The predicted molar refractivity (Wildman–Crippen MR) is 137 cm³/mol. The molecule has 0 aliphatic heterocycles. The summed E-state index contributed by atoms with van der Waals surface area (Å²) in [6.07, 6.45) is 7.54. The molecule has 34 heavy (non-hydrogen) atoms. The van der Waals surface area contributed by atoms with Crippen LogP contribution in [0.25, 0.3) is 15.9 Å². The quantitative estimate of drug-likeness (QED) is 0.188. The van der Waals surface area contributed by atoms with Crippen LogP contribution in [0.3, 0.4) is 0 Å². The van der Waals surface area contributed by atoms with Crippen molar-refractivity contribution in [3.05, 3.63) is 81.2 Å². The van der Waals surface area contributed by atoms with Gasteiger partial charge in [0.25, 0.3) is 11.5 Å². The molecule has 9 heteroatoms. The molecule has 0 atom stereocenters. The van der Waals surface area contributed by atoms with Gasteiger partial charge in [0.2, 0.25) is 0 Å². The SMILES string of the molecule is C/C(=N/NC(=O)CSc1nc2sc3c(c2c(=O)n1-c1ccccc1)CCCC3)c1cccnc1. The molecule has 0 fully saturated rings. The number of hydrazone groups is 1. The molecule has 0 bridgehead atoms. The number of benzene rings is 1. The first-order valence-electron chi connectivity index (χ1n) is 11.1. The minimum atomic E-state index is -0.271. The van der Waals surface area contributed by atoms with Crippen molar-refractivity contribution in [2.24, 2.45) is 5.10 Å². The van der Waals surface area contributed by atoms with E-state index in [1.165, 1.54) is 16.6 Å². The number of nitrogens with zero attached hydrogens (tertiary/aromatic N) is 4. The average molecular weight is 490 g/mol. The molecule has 1 aromatic carbocycles. The fourth-order valence-corrected chi connectivity index (χ4v) is 6.15. The van der Waals surface area contributed by atoms with E-state index in [9.17, 15) is 9.59 Å². The average Bonchev–Trinajstić information content (AvgIpc) is 3.25. The smallest absolute Gasteiger partial charge is 0.267 e. The molecular formula is C25H23N5O2S2. The topological polar surface area (TPSA) is 89.2 Å². The van der Waals surface area contributed by atoms with Gasteiger partial charge in [-0.05, 0) is 56.4 Å². The Balaban J connectivity index is 1.44. The molecule has 1 amide bonds. The van der Waals surface area contributed by atoms with Crippen LogP contribution >= 0.6 is 23.1 Å². The van der Waals surface area contributed by atoms with Crippen molar-refractivity contribution in [3.8, 4) is 5.69 Å². The molecule has 172 valence electrons. The Labute approximate surface area is 205 Å². The van der Waals surface area contributed by atoms with E-state index in [0.717, 1.165) is 52.7 Å². The summed E-state index contributed by atoms with van der Waals surface area (Å²) in [6.45, 7) is 1.81. The van der Waals surface area contributed by atoms with Crippen molar-refractivity contribution in [1.29, 1.82) is 0 Å². The number of amides is 1. The number of pyridine rings is 1. The zero-order valence-electron chi connectivity index (χ0n) is 18.7. The molecule has 1 N–H and O–H groups in total. The van der Waals surface area contributed by atoms with Gasteiger partial charge in [-0.3, -0.25) is 19.1 Å². The van der Waals surface area contributed by atoms with E-state index in [4.69, 9.17) is 4.98 Å². The number of carbonyl (C=O) groups is 1. The first kappa shape index (κ1) is 22.5. The molecule has 0 saturated carbocycles. The number of aryl methyl sites for hydroxylation is 2. The third kappa shape index (κ3) is 4.53. The molecule has 3 heterocycles. The van der Waals surface area contributed by atoms with E-state index in [1.807, 2.05) is 49.4 Å². The van der Waals surface area contributed by atoms with Crippen LogP contribution in [0, 0.1) is 0 Å². The van der Waals surface area contributed by atoms with Gasteiger partial charge < -0.3 is 0 Å². The summed E-state index contributed by atoms with van der Waals surface area (Å²) in [5, 5.41) is 5.41. The highest BCUT2D eigenvalue weighted by atomic mass is 32.2. The van der Waals surface area contributed by atoms with Gasteiger partial charge in [-0.25, -0.2) is 10.4 Å². The van der Waals surface area contributed by atoms with Crippen LogP contribution in [-0.4, -0.2) is 31.9 Å². The number of thioether (sulfide) groups is 1. The van der Waals surface area contributed by atoms with E-state index >= 15 is 0 Å². The lowest BCUT2D eigenvalue weighted by atomic mass is 9.97. The zero-order chi connectivity index (χ0) is 23.5. The fourth-order valence-electron chi connectivity index (χ4n) is 4.04. The molecular weight excluding hydrogens is 466 g/mol. The number of nitrogens with one attached hydrogen (secondary N) is 1. The maximum atomic E-state index is 13.7. The lowest BCUT2D eigenvalue weighted by Gasteiger charge is -2.13. The molecule has 7 nitrogen and oxygen atoms in total. The molecule has 0 unspecified atom stereocenters. The lowest BCUT2D eigenvalue weighted by molar-refractivity contribution is -0.118. The molecule has 4 aromatic rings. The molecule has 0 radical (unpaired) electrons. The van der Waals surface area contributed by atoms with E-state index in [1.54, 1.807) is 28.3 Å². The molecule has 1 aliphatic rings. The van der Waals surface area contributed by atoms with E-state index in [0.29, 0.717) is 10.9 Å². The summed E-state index contributed by atoms with van der Waals surface area (Å²) >= 11 is 2.85. The van der Waals surface area contributed by atoms with E-state index in [-0.39, 0.29) is 17.2 Å². The van der Waals surface area contributed by atoms with Gasteiger partial charge >= 0.3 is 0 Å². The summed E-state index contributed by atoms with van der Waals surface area (Å²) in [6, 6.07) is 13.2. The normalized spacial score (nSPS) is 13.6. The highest BCUT2D eigenvalue weighted by Crippen LogP contribution is 2.35. The Morgan fingerprint density at radius 1 is 1.18 bits per heavy atom. The summed E-state index contributed by atoms with van der Waals surface area (Å²) < 4.78 is 1.63. The Morgan fingerprint density at radius 2 is 2.00 bits per heavy atom. The standard InChI is InChI=1S/C25H23N5O2S2/c1-16(17-8-7-13-26-14-17)28-29-21(31)15-33-25-27-23-22(19-11-5-6-12-20(19)34-23)24(32)30(25)18-9-3-2-4-10-18/h2-4,7-10,13-14H,5-6,11-12,15H2,1H3,(H,29,31)/b28-16-. The van der Waals surface area contributed by atoms with Gasteiger partial charge in [0.15, 0.2) is 5.16 Å². The van der Waals surface area contributed by atoms with Crippen molar-refractivity contribution >= 4 is 44.9 Å². The second-order valence-electron chi connectivity index (χ2n) is 8.02. The van der Waals surface area contributed by atoms with Gasteiger partial charge in [0.05, 0.1) is 22.5 Å². The van der Waals surface area contributed by atoms with Crippen molar-refractivity contribution in [2.75, 3.05) is 5.75 Å². The van der Waals surface area contributed by atoms with Crippen LogP contribution in [0.4, 0.5) is 0 Å². The van der Waals surface area contributed by atoms with Crippen molar-refractivity contribution in [3.63, 3.8) is 0 Å². The predicted octanol–water partition coefficient (Wildman–Crippen LogP) is 4.35. The van der Waals surface area contributed by atoms with Crippen molar-refractivity contribution < 1.29 is 4.79 Å². The van der Waals surface area contributed by atoms with E-state index < -0.39 is 0 Å². The molecule has 1 aliphatic carbocycles. The van der Waals surface area contributed by atoms with E-state index in [2.05, 4.69) is 15.5 Å². The van der Waals surface area contributed by atoms with Crippen LogP contribution in [0.2, 0.25) is 0 Å². The zero-order valence-corrected chi connectivity index (χ0v) is 20.3. The maximum Gasteiger partial charge on any atom is 0.267 e. The summed E-state index contributed by atoms with van der Waals surface area (Å²) in [5.74, 6) is -0.188. The Bertz CT molecular complexity index is 1430. The minimum Gasteiger partial charge on any atom is -0.272 e. The van der Waals surface area contributed by atoms with Gasteiger partial charge in [0, 0.05) is 22.8 Å². The summed E-state index contributed by atoms with van der Waals surface area (Å²) in [7, 11) is 0. The van der Waals surface area contributed by atoms with Gasteiger partial charge in [-0.15, -0.1) is 11.3 Å². The number of hydrogen-bond acceptors (Lipinski definition) is 7. The Morgan fingerprint density at radius 3 is 2.79 bits per heavy atom. The largest absolute Gasteiger partial charge is 0.272 e. The number of aromatic nitrogens is 3. The first-order chi connectivity index (χ1) is 16.6. The second kappa shape index (κ2) is 9.90. The number of fused-ring (bicyclic) bond motifs is 3. The van der Waals surface area contributed by atoms with Gasteiger partial charge in [-0.1, -0.05) is 36.0 Å². The number of carbonyl (C=O) groups excluding carboxylic acids is 1. The van der Waals surface area contributed by atoms with Crippen LogP contribution in [0.15, 0.2) is 69.9 Å².